The zero-order valence-electron chi connectivity index (χ0n) is 16.3. The number of likely N-dealkylation sites (N-methyl/N-ethyl adjacent to an activating group) is 1. The summed E-state index contributed by atoms with van der Waals surface area (Å²) in [5.74, 6) is 0.273. The molecule has 6 nitrogen and oxygen atoms in total. The smallest absolute Gasteiger partial charge is 0.251 e. The van der Waals surface area contributed by atoms with E-state index in [1.165, 1.54) is 0 Å². The molecule has 1 aromatic carbocycles. The van der Waals surface area contributed by atoms with Gasteiger partial charge in [-0.25, -0.2) is 0 Å². The predicted molar refractivity (Wildman–Crippen MR) is 104 cm³/mol. The highest BCUT2D eigenvalue weighted by atomic mass is 16.5. The highest BCUT2D eigenvalue weighted by molar-refractivity contribution is 5.97. The van der Waals surface area contributed by atoms with Gasteiger partial charge in [0.25, 0.3) is 5.91 Å². The SMILES string of the molecule is CCOc1ccc(C(=O)NC(C(=O)N(C)Cc2ccncc2)C(C)C)cc1. The fourth-order valence-electron chi connectivity index (χ4n) is 2.68. The Bertz CT molecular complexity index is 745. The van der Waals surface area contributed by atoms with Crippen LogP contribution in [0, 0.1) is 5.92 Å². The van der Waals surface area contributed by atoms with E-state index in [0.717, 1.165) is 5.56 Å². The van der Waals surface area contributed by atoms with Crippen LogP contribution in [0.2, 0.25) is 0 Å². The van der Waals surface area contributed by atoms with Gasteiger partial charge >= 0.3 is 0 Å². The van der Waals surface area contributed by atoms with Crippen LogP contribution in [0.1, 0.15) is 36.7 Å². The number of hydrogen-bond acceptors (Lipinski definition) is 4. The van der Waals surface area contributed by atoms with E-state index in [0.29, 0.717) is 24.5 Å². The zero-order valence-corrected chi connectivity index (χ0v) is 16.3. The summed E-state index contributed by atoms with van der Waals surface area (Å²) < 4.78 is 5.39. The lowest BCUT2D eigenvalue weighted by molar-refractivity contribution is -0.133. The first-order valence-electron chi connectivity index (χ1n) is 9.10. The topological polar surface area (TPSA) is 71.5 Å². The normalized spacial score (nSPS) is 11.7. The molecule has 6 heteroatoms. The second-order valence-electron chi connectivity index (χ2n) is 6.70. The van der Waals surface area contributed by atoms with Gasteiger partial charge in [-0.05, 0) is 54.8 Å². The van der Waals surface area contributed by atoms with Crippen molar-refractivity contribution in [1.29, 1.82) is 0 Å². The van der Waals surface area contributed by atoms with Gasteiger partial charge in [0.05, 0.1) is 6.61 Å². The van der Waals surface area contributed by atoms with E-state index >= 15 is 0 Å². The monoisotopic (exact) mass is 369 g/mol. The first-order valence-corrected chi connectivity index (χ1v) is 9.10. The quantitative estimate of drug-likeness (QED) is 0.777. The van der Waals surface area contributed by atoms with Crippen LogP contribution >= 0.6 is 0 Å². The summed E-state index contributed by atoms with van der Waals surface area (Å²) in [6, 6.07) is 10.0. The van der Waals surface area contributed by atoms with Gasteiger partial charge in [-0.1, -0.05) is 13.8 Å². The maximum Gasteiger partial charge on any atom is 0.251 e. The van der Waals surface area contributed by atoms with Gasteiger partial charge in [-0.3, -0.25) is 14.6 Å². The zero-order chi connectivity index (χ0) is 19.8. The minimum Gasteiger partial charge on any atom is -0.494 e. The standard InChI is InChI=1S/C21H27N3O3/c1-5-27-18-8-6-17(7-9-18)20(25)23-19(15(2)3)21(26)24(4)14-16-10-12-22-13-11-16/h6-13,15,19H,5,14H2,1-4H3,(H,23,25). The Morgan fingerprint density at radius 3 is 2.30 bits per heavy atom. The van der Waals surface area contributed by atoms with Crippen LogP contribution < -0.4 is 10.1 Å². The van der Waals surface area contributed by atoms with Gasteiger partial charge in [-0.2, -0.15) is 0 Å². The molecule has 0 fully saturated rings. The lowest BCUT2D eigenvalue weighted by Crippen LogP contribution is -2.50. The molecule has 0 radical (unpaired) electrons. The minimum atomic E-state index is -0.601. The highest BCUT2D eigenvalue weighted by Crippen LogP contribution is 2.14. The molecule has 2 aromatic rings. The molecule has 0 aliphatic rings. The van der Waals surface area contributed by atoms with Gasteiger partial charge < -0.3 is 15.0 Å². The summed E-state index contributed by atoms with van der Waals surface area (Å²) >= 11 is 0. The van der Waals surface area contributed by atoms with Crippen LogP contribution in [0.3, 0.4) is 0 Å². The lowest BCUT2D eigenvalue weighted by Gasteiger charge is -2.27. The number of carbonyl (C=O) groups excluding carboxylic acids is 2. The molecule has 1 N–H and O–H groups in total. The molecule has 0 aliphatic carbocycles. The number of benzene rings is 1. The fourth-order valence-corrected chi connectivity index (χ4v) is 2.68. The molecule has 0 saturated carbocycles. The Hall–Kier alpha value is -2.89. The van der Waals surface area contributed by atoms with Crippen LogP contribution in [0.25, 0.3) is 0 Å². The largest absolute Gasteiger partial charge is 0.494 e. The first kappa shape index (κ1) is 20.4. The molecule has 1 heterocycles. The summed E-state index contributed by atoms with van der Waals surface area (Å²) in [4.78, 5) is 31.1. The first-order chi connectivity index (χ1) is 12.9. The minimum absolute atomic E-state index is 0.0379. The van der Waals surface area contributed by atoms with Crippen LogP contribution in [0.5, 0.6) is 5.75 Å². The third-order valence-corrected chi connectivity index (χ3v) is 4.19. The highest BCUT2D eigenvalue weighted by Gasteiger charge is 2.27. The Morgan fingerprint density at radius 2 is 1.74 bits per heavy atom. The number of hydrogen-bond donors (Lipinski definition) is 1. The number of carbonyl (C=O) groups is 2. The third kappa shape index (κ3) is 5.81. The van der Waals surface area contributed by atoms with Crippen molar-refractivity contribution in [3.05, 3.63) is 59.9 Å². The van der Waals surface area contributed by atoms with Crippen molar-refractivity contribution in [3.8, 4) is 5.75 Å². The molecule has 1 unspecified atom stereocenters. The Labute approximate surface area is 160 Å². The van der Waals surface area contributed by atoms with Crippen molar-refractivity contribution < 1.29 is 14.3 Å². The maximum atomic E-state index is 12.9. The molecule has 27 heavy (non-hydrogen) atoms. The molecule has 0 aliphatic heterocycles. The average Bonchev–Trinajstić information content (AvgIpc) is 2.66. The van der Waals surface area contributed by atoms with Crippen molar-refractivity contribution in [1.82, 2.24) is 15.2 Å². The molecule has 0 bridgehead atoms. The van der Waals surface area contributed by atoms with E-state index in [4.69, 9.17) is 4.74 Å². The molecule has 2 rings (SSSR count). The lowest BCUT2D eigenvalue weighted by atomic mass is 10.0. The molecule has 2 amide bonds. The van der Waals surface area contributed by atoms with Crippen LogP contribution in [-0.4, -0.2) is 41.4 Å². The molecular weight excluding hydrogens is 342 g/mol. The average molecular weight is 369 g/mol. The van der Waals surface area contributed by atoms with E-state index < -0.39 is 6.04 Å². The van der Waals surface area contributed by atoms with Crippen molar-refractivity contribution in [2.75, 3.05) is 13.7 Å². The van der Waals surface area contributed by atoms with E-state index in [1.807, 2.05) is 32.9 Å². The maximum absolute atomic E-state index is 12.9. The van der Waals surface area contributed by atoms with E-state index in [-0.39, 0.29) is 17.7 Å². The van der Waals surface area contributed by atoms with Gasteiger partial charge in [0.1, 0.15) is 11.8 Å². The van der Waals surface area contributed by atoms with Gasteiger partial charge in [-0.15, -0.1) is 0 Å². The van der Waals surface area contributed by atoms with Crippen molar-refractivity contribution in [2.24, 2.45) is 5.92 Å². The molecule has 0 saturated heterocycles. The Balaban J connectivity index is 2.05. The molecular formula is C21H27N3O3. The predicted octanol–water partition coefficient (Wildman–Crippen LogP) is 2.89. The molecule has 0 spiro atoms. The summed E-state index contributed by atoms with van der Waals surface area (Å²) in [7, 11) is 1.74. The fraction of sp³-hybridized carbons (Fsp3) is 0.381. The number of pyridine rings is 1. The molecule has 144 valence electrons. The van der Waals surface area contributed by atoms with Crippen molar-refractivity contribution >= 4 is 11.8 Å². The summed E-state index contributed by atoms with van der Waals surface area (Å²) in [5.41, 5.74) is 1.48. The number of amides is 2. The third-order valence-electron chi connectivity index (χ3n) is 4.19. The Kier molecular flexibility index (Phi) is 7.34. The molecule has 1 atom stereocenters. The van der Waals surface area contributed by atoms with Crippen LogP contribution in [0.15, 0.2) is 48.8 Å². The van der Waals surface area contributed by atoms with Gasteiger partial charge in [0.15, 0.2) is 0 Å². The second kappa shape index (κ2) is 9.71. The summed E-state index contributed by atoms with van der Waals surface area (Å²) in [6.45, 7) is 6.77. The number of nitrogens with one attached hydrogen (secondary N) is 1. The second-order valence-corrected chi connectivity index (χ2v) is 6.70. The Morgan fingerprint density at radius 1 is 1.11 bits per heavy atom. The van der Waals surface area contributed by atoms with Crippen molar-refractivity contribution in [3.63, 3.8) is 0 Å². The number of aromatic nitrogens is 1. The van der Waals surface area contributed by atoms with E-state index in [2.05, 4.69) is 10.3 Å². The summed E-state index contributed by atoms with van der Waals surface area (Å²) in [5, 5.41) is 2.87. The van der Waals surface area contributed by atoms with Crippen molar-refractivity contribution in [2.45, 2.75) is 33.4 Å². The molecule has 1 aromatic heterocycles. The van der Waals surface area contributed by atoms with Crippen LogP contribution in [-0.2, 0) is 11.3 Å². The summed E-state index contributed by atoms with van der Waals surface area (Å²) in [6.07, 6.45) is 3.39. The van der Waals surface area contributed by atoms with E-state index in [1.54, 1.807) is 48.6 Å². The van der Waals surface area contributed by atoms with E-state index in [9.17, 15) is 9.59 Å². The van der Waals surface area contributed by atoms with Gasteiger partial charge in [0, 0.05) is 31.5 Å². The number of rotatable bonds is 8. The number of nitrogens with zero attached hydrogens (tertiary/aromatic N) is 2. The van der Waals surface area contributed by atoms with Gasteiger partial charge in [0.2, 0.25) is 5.91 Å². The van der Waals surface area contributed by atoms with Crippen LogP contribution in [0.4, 0.5) is 0 Å². The number of ether oxygens (including phenoxy) is 1.